The first kappa shape index (κ1) is 14.2. The number of carbonyl (C=O) groups is 1. The quantitative estimate of drug-likeness (QED) is 0.615. The third-order valence-electron chi connectivity index (χ3n) is 2.42. The van der Waals surface area contributed by atoms with Crippen molar-refractivity contribution in [2.24, 2.45) is 5.73 Å². The number of amides is 1. The molecule has 0 spiro atoms. The second-order valence-corrected chi connectivity index (χ2v) is 4.04. The van der Waals surface area contributed by atoms with E-state index in [1.165, 1.54) is 6.92 Å². The van der Waals surface area contributed by atoms with E-state index in [-0.39, 0.29) is 5.91 Å². The zero-order valence-corrected chi connectivity index (χ0v) is 10.9. The Bertz CT molecular complexity index is 419. The molecule has 0 aromatic heterocycles. The molecule has 4 N–H and O–H groups in total. The average Bonchev–Trinajstić information content (AvgIpc) is 2.31. The summed E-state index contributed by atoms with van der Waals surface area (Å²) in [6.45, 7) is 2.81. The fourth-order valence-electron chi connectivity index (χ4n) is 1.43. The van der Waals surface area contributed by atoms with Crippen LogP contribution in [0.3, 0.4) is 0 Å². The van der Waals surface area contributed by atoms with Crippen molar-refractivity contribution in [2.45, 2.75) is 6.92 Å². The van der Waals surface area contributed by atoms with Crippen LogP contribution in [-0.4, -0.2) is 44.1 Å². The van der Waals surface area contributed by atoms with E-state index in [4.69, 9.17) is 5.73 Å². The molecule has 0 heterocycles. The molecule has 0 saturated carbocycles. The molecule has 1 aromatic rings. The van der Waals surface area contributed by atoms with Crippen LogP contribution in [0.1, 0.15) is 6.92 Å². The van der Waals surface area contributed by atoms with E-state index in [1.807, 2.05) is 36.2 Å². The maximum absolute atomic E-state index is 10.9. The van der Waals surface area contributed by atoms with Gasteiger partial charge in [0.25, 0.3) is 0 Å². The van der Waals surface area contributed by atoms with Gasteiger partial charge in [-0.3, -0.25) is 0 Å². The van der Waals surface area contributed by atoms with Crippen LogP contribution in [-0.2, 0) is 4.79 Å². The Kier molecular flexibility index (Phi) is 5.39. The van der Waals surface area contributed by atoms with Crippen molar-refractivity contribution < 1.29 is 4.79 Å². The van der Waals surface area contributed by atoms with Crippen molar-refractivity contribution >= 4 is 30.5 Å². The second kappa shape index (κ2) is 6.81. The maximum atomic E-state index is 10.9. The standard InChI is InChI=1S/C12H19BN4O/c1-9(18)15-10-3-5-11(6-4-10)16-12(13)17(2)8-7-14/h3-6,13,16H,7-8,14H2,1-2H3,(H,15,18). The van der Waals surface area contributed by atoms with E-state index in [9.17, 15) is 4.79 Å². The van der Waals surface area contributed by atoms with Gasteiger partial charge < -0.3 is 0 Å². The van der Waals surface area contributed by atoms with Crippen molar-refractivity contribution in [1.29, 1.82) is 0 Å². The molecule has 1 aromatic carbocycles. The number of nitrogens with two attached hydrogens (primary N) is 1. The first-order chi connectivity index (χ1) is 8.52. The molecule has 0 aliphatic carbocycles. The first-order valence-corrected chi connectivity index (χ1v) is 5.77. The number of anilines is 2. The Labute approximate surface area is 108 Å². The van der Waals surface area contributed by atoms with Gasteiger partial charge in [0.2, 0.25) is 0 Å². The molecule has 0 fully saturated rings. The normalized spacial score (nSPS) is 9.67. The summed E-state index contributed by atoms with van der Waals surface area (Å²) >= 11 is 0. The number of rotatable bonds is 6. The van der Waals surface area contributed by atoms with Crippen LogP contribution < -0.4 is 16.4 Å². The van der Waals surface area contributed by atoms with Gasteiger partial charge in [-0.1, -0.05) is 0 Å². The fraction of sp³-hybridized carbons (Fsp3) is 0.333. The van der Waals surface area contributed by atoms with E-state index >= 15 is 0 Å². The predicted molar refractivity (Wildman–Crippen MR) is 78.2 cm³/mol. The third-order valence-corrected chi connectivity index (χ3v) is 2.42. The van der Waals surface area contributed by atoms with Gasteiger partial charge in [0.05, 0.1) is 0 Å². The molecule has 0 bridgehead atoms. The zero-order chi connectivity index (χ0) is 13.5. The molecule has 0 radical (unpaired) electrons. The Morgan fingerprint density at radius 3 is 2.22 bits per heavy atom. The zero-order valence-electron chi connectivity index (χ0n) is 10.9. The molecule has 1 rings (SSSR count). The minimum atomic E-state index is -0.0807. The summed E-state index contributed by atoms with van der Waals surface area (Å²) in [5.74, 6) is -0.0807. The number of likely N-dealkylation sites (N-methyl/N-ethyl adjacent to an activating group) is 1. The summed E-state index contributed by atoms with van der Waals surface area (Å²) in [5, 5.41) is 5.88. The number of carbonyl (C=O) groups excluding carboxylic acids is 1. The predicted octanol–water partition coefficient (Wildman–Crippen LogP) is -0.0644. The van der Waals surface area contributed by atoms with E-state index in [0.29, 0.717) is 6.54 Å². The van der Waals surface area contributed by atoms with Gasteiger partial charge in [-0.2, -0.15) is 0 Å². The SMILES string of the molecule is B=C(Nc1ccc(NC(C)=O)cc1)N(C)CCN. The van der Waals surface area contributed by atoms with E-state index in [2.05, 4.69) is 18.1 Å². The summed E-state index contributed by atoms with van der Waals surface area (Å²) in [7, 11) is 5.85. The van der Waals surface area contributed by atoms with Crippen LogP contribution in [0, 0.1) is 0 Å². The number of hydrogen-bond donors (Lipinski definition) is 3. The van der Waals surface area contributed by atoms with Crippen LogP contribution >= 0.6 is 0 Å². The Balaban J connectivity index is 2.58. The molecule has 0 atom stereocenters. The second-order valence-electron chi connectivity index (χ2n) is 4.04. The molecule has 1 amide bonds. The van der Waals surface area contributed by atoms with Crippen molar-refractivity contribution in [3.8, 4) is 0 Å². The number of nitrogens with zero attached hydrogens (tertiary/aromatic N) is 1. The summed E-state index contributed by atoms with van der Waals surface area (Å²) in [4.78, 5) is 12.8. The number of nitrogens with one attached hydrogen (secondary N) is 2. The third kappa shape index (κ3) is 4.59. The molecular weight excluding hydrogens is 227 g/mol. The van der Waals surface area contributed by atoms with Crippen LogP contribution in [0.25, 0.3) is 0 Å². The molecule has 0 aliphatic heterocycles. The molecule has 18 heavy (non-hydrogen) atoms. The van der Waals surface area contributed by atoms with Crippen molar-refractivity contribution in [3.05, 3.63) is 24.3 Å². The van der Waals surface area contributed by atoms with Crippen LogP contribution in [0.5, 0.6) is 0 Å². The van der Waals surface area contributed by atoms with E-state index in [1.54, 1.807) is 0 Å². The summed E-state index contributed by atoms with van der Waals surface area (Å²) in [6, 6.07) is 7.43. The van der Waals surface area contributed by atoms with Gasteiger partial charge in [0.1, 0.15) is 0 Å². The molecule has 96 valence electrons. The average molecular weight is 246 g/mol. The van der Waals surface area contributed by atoms with Gasteiger partial charge in [-0.25, -0.2) is 0 Å². The first-order valence-electron chi connectivity index (χ1n) is 5.77. The summed E-state index contributed by atoms with van der Waals surface area (Å²) in [6.07, 6.45) is 0. The number of benzene rings is 1. The van der Waals surface area contributed by atoms with Gasteiger partial charge in [0.15, 0.2) is 0 Å². The molecular formula is C12H19BN4O. The van der Waals surface area contributed by atoms with Gasteiger partial charge >= 0.3 is 108 Å². The van der Waals surface area contributed by atoms with Crippen molar-refractivity contribution in [2.75, 3.05) is 30.8 Å². The number of hydrogen-bond acceptors (Lipinski definition) is 4. The molecule has 0 aliphatic rings. The van der Waals surface area contributed by atoms with E-state index in [0.717, 1.165) is 23.6 Å². The van der Waals surface area contributed by atoms with Crippen LogP contribution in [0.15, 0.2) is 24.3 Å². The molecule has 0 unspecified atom stereocenters. The van der Waals surface area contributed by atoms with E-state index < -0.39 is 0 Å². The Morgan fingerprint density at radius 2 is 1.78 bits per heavy atom. The van der Waals surface area contributed by atoms with Gasteiger partial charge in [-0.15, -0.1) is 0 Å². The molecule has 0 saturated heterocycles. The monoisotopic (exact) mass is 246 g/mol. The summed E-state index contributed by atoms with van der Waals surface area (Å²) in [5.41, 5.74) is 7.95. The molecule has 5 nitrogen and oxygen atoms in total. The Morgan fingerprint density at radius 1 is 1.28 bits per heavy atom. The fourth-order valence-corrected chi connectivity index (χ4v) is 1.43. The van der Waals surface area contributed by atoms with Gasteiger partial charge in [0, 0.05) is 0 Å². The van der Waals surface area contributed by atoms with Crippen LogP contribution in [0.4, 0.5) is 11.4 Å². The summed E-state index contributed by atoms with van der Waals surface area (Å²) < 4.78 is 0. The Hall–Kier alpha value is -1.82. The van der Waals surface area contributed by atoms with Crippen molar-refractivity contribution in [1.82, 2.24) is 4.90 Å². The van der Waals surface area contributed by atoms with Crippen molar-refractivity contribution in [3.63, 3.8) is 0 Å². The topological polar surface area (TPSA) is 70.4 Å². The van der Waals surface area contributed by atoms with Gasteiger partial charge in [-0.05, 0) is 0 Å². The minimum absolute atomic E-state index is 0.0807. The molecule has 6 heteroatoms. The van der Waals surface area contributed by atoms with Crippen LogP contribution in [0.2, 0.25) is 0 Å².